The van der Waals surface area contributed by atoms with E-state index in [1.807, 2.05) is 0 Å². The van der Waals surface area contributed by atoms with Gasteiger partial charge in [0.1, 0.15) is 5.82 Å². The van der Waals surface area contributed by atoms with E-state index in [0.29, 0.717) is 0 Å². The molecule has 0 atom stereocenters. The summed E-state index contributed by atoms with van der Waals surface area (Å²) < 4.78 is 48.8. The molecule has 0 unspecified atom stereocenters. The molecule has 0 heterocycles. The molecule has 0 aliphatic heterocycles. The van der Waals surface area contributed by atoms with Gasteiger partial charge in [-0.25, -0.2) is 4.39 Å². The summed E-state index contributed by atoms with van der Waals surface area (Å²) >= 11 is 0. The van der Waals surface area contributed by atoms with Crippen LogP contribution in [0.15, 0.2) is 18.2 Å². The lowest BCUT2D eigenvalue weighted by molar-refractivity contribution is -0.135. The second-order valence-electron chi connectivity index (χ2n) is 4.07. The number of hydrogen-bond acceptors (Lipinski definition) is 2. The summed E-state index contributed by atoms with van der Waals surface area (Å²) in [5.74, 6) is -1.40. The zero-order valence-corrected chi connectivity index (χ0v) is 10.1. The third kappa shape index (κ3) is 5.58. The van der Waals surface area contributed by atoms with Gasteiger partial charge in [-0.3, -0.25) is 4.79 Å². The van der Waals surface area contributed by atoms with Crippen molar-refractivity contribution in [3.63, 3.8) is 0 Å². The number of halogens is 4. The van der Waals surface area contributed by atoms with Crippen molar-refractivity contribution >= 4 is 11.6 Å². The Morgan fingerprint density at radius 3 is 2.58 bits per heavy atom. The molecule has 1 aromatic rings. The quantitative estimate of drug-likeness (QED) is 0.494. The first-order valence-corrected chi connectivity index (χ1v) is 5.69. The van der Waals surface area contributed by atoms with Gasteiger partial charge in [0.2, 0.25) is 0 Å². The van der Waals surface area contributed by atoms with Crippen molar-refractivity contribution in [2.75, 3.05) is 12.3 Å². The molecule has 106 valence electrons. The van der Waals surface area contributed by atoms with Crippen LogP contribution in [0, 0.1) is 5.82 Å². The Labute approximate surface area is 107 Å². The average Bonchev–Trinajstić information content (AvgIpc) is 2.30. The number of carbonyl (C=O) groups excluding carboxylic acids is 1. The summed E-state index contributed by atoms with van der Waals surface area (Å²) in [5, 5.41) is 2.35. The summed E-state index contributed by atoms with van der Waals surface area (Å²) in [7, 11) is 0. The number of alkyl halides is 3. The lowest BCUT2D eigenvalue weighted by Crippen LogP contribution is -2.25. The Morgan fingerprint density at radius 2 is 1.95 bits per heavy atom. The van der Waals surface area contributed by atoms with Crippen LogP contribution in [0.25, 0.3) is 0 Å². The van der Waals surface area contributed by atoms with Crippen molar-refractivity contribution in [2.45, 2.75) is 25.4 Å². The molecular weight excluding hydrogens is 264 g/mol. The van der Waals surface area contributed by atoms with Gasteiger partial charge in [0.25, 0.3) is 5.91 Å². The standard InChI is InChI=1S/C12H14F4N2O/c13-10-4-3-8(17)7-9(10)11(19)18-6-2-1-5-12(14,15)16/h3-4,7H,1-2,5-6,17H2,(H,18,19). The molecule has 0 aromatic heterocycles. The molecule has 7 heteroatoms. The first kappa shape index (κ1) is 15.3. The van der Waals surface area contributed by atoms with Crippen molar-refractivity contribution in [1.29, 1.82) is 0 Å². The lowest BCUT2D eigenvalue weighted by Gasteiger charge is -2.08. The zero-order valence-electron chi connectivity index (χ0n) is 10.1. The van der Waals surface area contributed by atoms with Gasteiger partial charge in [0, 0.05) is 18.7 Å². The Bertz CT molecular complexity index is 446. The fraction of sp³-hybridized carbons (Fsp3) is 0.417. The van der Waals surface area contributed by atoms with Crippen molar-refractivity contribution in [3.05, 3.63) is 29.6 Å². The van der Waals surface area contributed by atoms with Crippen molar-refractivity contribution in [3.8, 4) is 0 Å². The molecule has 0 bridgehead atoms. The number of unbranched alkanes of at least 4 members (excludes halogenated alkanes) is 1. The number of nitrogens with one attached hydrogen (secondary N) is 1. The minimum atomic E-state index is -4.19. The van der Waals surface area contributed by atoms with Crippen LogP contribution in [-0.4, -0.2) is 18.6 Å². The minimum Gasteiger partial charge on any atom is -0.399 e. The summed E-state index contributed by atoms with van der Waals surface area (Å²) in [5.41, 5.74) is 5.45. The minimum absolute atomic E-state index is 0.0587. The molecule has 0 saturated heterocycles. The maximum atomic E-state index is 13.3. The van der Waals surface area contributed by atoms with Gasteiger partial charge in [-0.2, -0.15) is 13.2 Å². The fourth-order valence-electron chi connectivity index (χ4n) is 1.46. The summed E-state index contributed by atoms with van der Waals surface area (Å²) in [6, 6.07) is 3.56. The molecule has 1 rings (SSSR count). The van der Waals surface area contributed by atoms with Gasteiger partial charge < -0.3 is 11.1 Å². The molecule has 0 saturated carbocycles. The molecule has 19 heavy (non-hydrogen) atoms. The van der Waals surface area contributed by atoms with Crippen LogP contribution in [0.3, 0.4) is 0 Å². The predicted molar refractivity (Wildman–Crippen MR) is 63.1 cm³/mol. The third-order valence-corrected chi connectivity index (χ3v) is 2.41. The highest BCUT2D eigenvalue weighted by Crippen LogP contribution is 2.21. The normalized spacial score (nSPS) is 11.4. The van der Waals surface area contributed by atoms with Crippen LogP contribution < -0.4 is 11.1 Å². The van der Waals surface area contributed by atoms with E-state index in [1.165, 1.54) is 12.1 Å². The topological polar surface area (TPSA) is 55.1 Å². The lowest BCUT2D eigenvalue weighted by atomic mass is 10.1. The average molecular weight is 278 g/mol. The van der Waals surface area contributed by atoms with E-state index in [-0.39, 0.29) is 30.6 Å². The molecular formula is C12H14F4N2O. The number of anilines is 1. The molecule has 0 fully saturated rings. The Hall–Kier alpha value is -1.79. The van der Waals surface area contributed by atoms with E-state index in [4.69, 9.17) is 5.73 Å². The van der Waals surface area contributed by atoms with E-state index < -0.39 is 24.3 Å². The summed E-state index contributed by atoms with van der Waals surface area (Å²) in [4.78, 5) is 11.5. The molecule has 3 nitrogen and oxygen atoms in total. The number of amides is 1. The largest absolute Gasteiger partial charge is 0.399 e. The molecule has 3 N–H and O–H groups in total. The number of nitrogen functional groups attached to an aromatic ring is 1. The monoisotopic (exact) mass is 278 g/mol. The number of nitrogens with two attached hydrogens (primary N) is 1. The number of benzene rings is 1. The van der Waals surface area contributed by atoms with E-state index in [0.717, 1.165) is 6.07 Å². The van der Waals surface area contributed by atoms with Crippen LogP contribution in [0.1, 0.15) is 29.6 Å². The Balaban J connectivity index is 2.38. The number of rotatable bonds is 5. The Morgan fingerprint density at radius 1 is 1.26 bits per heavy atom. The molecule has 0 radical (unpaired) electrons. The van der Waals surface area contributed by atoms with Crippen molar-refractivity contribution in [2.24, 2.45) is 0 Å². The van der Waals surface area contributed by atoms with Gasteiger partial charge in [0.15, 0.2) is 0 Å². The highest BCUT2D eigenvalue weighted by Gasteiger charge is 2.25. The highest BCUT2D eigenvalue weighted by molar-refractivity contribution is 5.95. The van der Waals surface area contributed by atoms with E-state index in [1.54, 1.807) is 0 Å². The zero-order chi connectivity index (χ0) is 14.5. The molecule has 0 aliphatic carbocycles. The van der Waals surface area contributed by atoms with Crippen LogP contribution in [0.2, 0.25) is 0 Å². The predicted octanol–water partition coefficient (Wildman–Crippen LogP) is 2.87. The molecule has 1 aromatic carbocycles. The molecule has 1 amide bonds. The van der Waals surface area contributed by atoms with Gasteiger partial charge in [-0.05, 0) is 31.0 Å². The third-order valence-electron chi connectivity index (χ3n) is 2.41. The maximum absolute atomic E-state index is 13.3. The highest BCUT2D eigenvalue weighted by atomic mass is 19.4. The molecule has 0 aliphatic rings. The second kappa shape index (κ2) is 6.40. The van der Waals surface area contributed by atoms with Crippen molar-refractivity contribution in [1.82, 2.24) is 5.32 Å². The number of hydrogen-bond donors (Lipinski definition) is 2. The number of carbonyl (C=O) groups is 1. The molecule has 0 spiro atoms. The fourth-order valence-corrected chi connectivity index (χ4v) is 1.46. The van der Waals surface area contributed by atoms with Crippen LogP contribution in [-0.2, 0) is 0 Å². The van der Waals surface area contributed by atoms with Gasteiger partial charge in [-0.1, -0.05) is 0 Å². The van der Waals surface area contributed by atoms with E-state index in [2.05, 4.69) is 5.32 Å². The SMILES string of the molecule is Nc1ccc(F)c(C(=O)NCCCCC(F)(F)F)c1. The van der Waals surface area contributed by atoms with Crippen LogP contribution in [0.4, 0.5) is 23.2 Å². The van der Waals surface area contributed by atoms with E-state index in [9.17, 15) is 22.4 Å². The maximum Gasteiger partial charge on any atom is 0.389 e. The first-order valence-electron chi connectivity index (χ1n) is 5.69. The van der Waals surface area contributed by atoms with Gasteiger partial charge in [-0.15, -0.1) is 0 Å². The van der Waals surface area contributed by atoms with Crippen molar-refractivity contribution < 1.29 is 22.4 Å². The second-order valence-corrected chi connectivity index (χ2v) is 4.07. The van der Waals surface area contributed by atoms with Gasteiger partial charge >= 0.3 is 6.18 Å². The van der Waals surface area contributed by atoms with Crippen LogP contribution >= 0.6 is 0 Å². The van der Waals surface area contributed by atoms with Gasteiger partial charge in [0.05, 0.1) is 5.56 Å². The van der Waals surface area contributed by atoms with Crippen LogP contribution in [0.5, 0.6) is 0 Å². The first-order chi connectivity index (χ1) is 8.79. The Kier molecular flexibility index (Phi) is 5.14. The summed E-state index contributed by atoms with van der Waals surface area (Å²) in [6.07, 6.45) is -4.99. The van der Waals surface area contributed by atoms with E-state index >= 15 is 0 Å². The summed E-state index contributed by atoms with van der Waals surface area (Å²) in [6.45, 7) is 0.0587. The smallest absolute Gasteiger partial charge is 0.389 e.